The molecule has 1 atom stereocenters. The molecule has 1 aromatic heterocycles. The lowest BCUT2D eigenvalue weighted by atomic mass is 10.2. The van der Waals surface area contributed by atoms with Crippen LogP contribution in [0.4, 0.5) is 24.7 Å². The van der Waals surface area contributed by atoms with Crippen LogP contribution in [0.3, 0.4) is 0 Å². The van der Waals surface area contributed by atoms with Crippen molar-refractivity contribution >= 4 is 17.4 Å². The zero-order valence-electron chi connectivity index (χ0n) is 14.4. The topological polar surface area (TPSA) is 45.7 Å². The zero-order chi connectivity index (χ0) is 19.0. The van der Waals surface area contributed by atoms with Crippen molar-refractivity contribution in [1.82, 2.24) is 4.98 Å². The van der Waals surface area contributed by atoms with Crippen LogP contribution in [-0.2, 0) is 22.1 Å². The van der Waals surface area contributed by atoms with Crippen LogP contribution in [0.2, 0.25) is 0 Å². The van der Waals surface area contributed by atoms with Gasteiger partial charge in [-0.25, -0.2) is 4.98 Å². The van der Waals surface area contributed by atoms with E-state index >= 15 is 0 Å². The number of anilines is 2. The van der Waals surface area contributed by atoms with Crippen molar-refractivity contribution in [3.8, 4) is 0 Å². The quantitative estimate of drug-likeness (QED) is 0.808. The standard InChI is InChI=1S/C19H18F3N3O2/c20-19(21,22)16-6-3-7-17(23-16)24-10-11-27-15(12-24)18(26)25-9-8-13-4-1-2-5-14(13)25/h1-7,15H,8-12H2. The molecule has 1 fully saturated rings. The van der Waals surface area contributed by atoms with E-state index in [1.165, 1.54) is 12.1 Å². The number of ether oxygens (including phenoxy) is 1. The number of fused-ring (bicyclic) bond motifs is 1. The maximum Gasteiger partial charge on any atom is 0.433 e. The lowest BCUT2D eigenvalue weighted by Gasteiger charge is -2.35. The molecule has 142 valence electrons. The Balaban J connectivity index is 1.51. The van der Waals surface area contributed by atoms with Crippen LogP contribution in [-0.4, -0.2) is 43.2 Å². The highest BCUT2D eigenvalue weighted by Gasteiger charge is 2.36. The third-order valence-electron chi connectivity index (χ3n) is 4.84. The highest BCUT2D eigenvalue weighted by atomic mass is 19.4. The summed E-state index contributed by atoms with van der Waals surface area (Å²) in [4.78, 5) is 20.0. The average molecular weight is 377 g/mol. The van der Waals surface area contributed by atoms with Gasteiger partial charge in [0.05, 0.1) is 13.2 Å². The molecule has 0 aliphatic carbocycles. The summed E-state index contributed by atoms with van der Waals surface area (Å²) in [6.07, 6.45) is -4.45. The minimum Gasteiger partial charge on any atom is -0.365 e. The fourth-order valence-electron chi connectivity index (χ4n) is 3.51. The Morgan fingerprint density at radius 2 is 1.93 bits per heavy atom. The van der Waals surface area contributed by atoms with Crippen LogP contribution < -0.4 is 9.80 Å². The minimum atomic E-state index is -4.50. The van der Waals surface area contributed by atoms with E-state index in [0.717, 1.165) is 23.7 Å². The van der Waals surface area contributed by atoms with Crippen molar-refractivity contribution in [3.63, 3.8) is 0 Å². The minimum absolute atomic E-state index is 0.170. The number of carbonyl (C=O) groups excluding carboxylic acids is 1. The molecule has 1 aromatic carbocycles. The van der Waals surface area contributed by atoms with Gasteiger partial charge in [0, 0.05) is 18.8 Å². The Hall–Kier alpha value is -2.61. The second kappa shape index (κ2) is 6.84. The summed E-state index contributed by atoms with van der Waals surface area (Å²) < 4.78 is 44.4. The number of para-hydroxylation sites is 1. The molecular weight excluding hydrogens is 359 g/mol. The number of morpholine rings is 1. The second-order valence-electron chi connectivity index (χ2n) is 6.55. The molecule has 0 bridgehead atoms. The molecule has 0 radical (unpaired) electrons. The van der Waals surface area contributed by atoms with Crippen molar-refractivity contribution in [3.05, 3.63) is 53.7 Å². The summed E-state index contributed by atoms with van der Waals surface area (Å²) in [5, 5.41) is 0. The van der Waals surface area contributed by atoms with E-state index in [9.17, 15) is 18.0 Å². The summed E-state index contributed by atoms with van der Waals surface area (Å²) in [5.74, 6) is 0.0318. The summed E-state index contributed by atoms with van der Waals surface area (Å²) in [6, 6.07) is 11.5. The summed E-state index contributed by atoms with van der Waals surface area (Å²) in [7, 11) is 0. The van der Waals surface area contributed by atoms with Gasteiger partial charge in [0.2, 0.25) is 0 Å². The molecule has 8 heteroatoms. The molecule has 0 spiro atoms. The van der Waals surface area contributed by atoms with Gasteiger partial charge < -0.3 is 14.5 Å². The Kier molecular flexibility index (Phi) is 4.51. The smallest absolute Gasteiger partial charge is 0.365 e. The molecule has 1 saturated heterocycles. The maximum absolute atomic E-state index is 12.9. The highest BCUT2D eigenvalue weighted by Crippen LogP contribution is 2.31. The number of amides is 1. The highest BCUT2D eigenvalue weighted by molar-refractivity contribution is 5.98. The van der Waals surface area contributed by atoms with Crippen molar-refractivity contribution in [2.45, 2.75) is 18.7 Å². The lowest BCUT2D eigenvalue weighted by molar-refractivity contribution is -0.141. The second-order valence-corrected chi connectivity index (χ2v) is 6.55. The first-order chi connectivity index (χ1) is 12.9. The largest absolute Gasteiger partial charge is 0.433 e. The summed E-state index contributed by atoms with van der Waals surface area (Å²) >= 11 is 0. The number of carbonyl (C=O) groups is 1. The molecule has 3 heterocycles. The van der Waals surface area contributed by atoms with E-state index in [0.29, 0.717) is 13.1 Å². The van der Waals surface area contributed by atoms with Gasteiger partial charge in [-0.05, 0) is 30.2 Å². The summed E-state index contributed by atoms with van der Waals surface area (Å²) in [6.45, 7) is 1.39. The number of alkyl halides is 3. The van der Waals surface area contributed by atoms with Crippen LogP contribution in [0.5, 0.6) is 0 Å². The fraction of sp³-hybridized carbons (Fsp3) is 0.368. The summed E-state index contributed by atoms with van der Waals surface area (Å²) in [5.41, 5.74) is 1.04. The first-order valence-electron chi connectivity index (χ1n) is 8.73. The van der Waals surface area contributed by atoms with E-state index in [1.807, 2.05) is 24.3 Å². The predicted molar refractivity (Wildman–Crippen MR) is 93.7 cm³/mol. The Bertz CT molecular complexity index is 856. The van der Waals surface area contributed by atoms with Crippen molar-refractivity contribution < 1.29 is 22.7 Å². The van der Waals surface area contributed by atoms with Crippen molar-refractivity contribution in [2.75, 3.05) is 36.0 Å². The van der Waals surface area contributed by atoms with E-state index < -0.39 is 18.0 Å². The van der Waals surface area contributed by atoms with Crippen LogP contribution >= 0.6 is 0 Å². The van der Waals surface area contributed by atoms with E-state index in [1.54, 1.807) is 9.80 Å². The van der Waals surface area contributed by atoms with Crippen LogP contribution in [0, 0.1) is 0 Å². The van der Waals surface area contributed by atoms with Gasteiger partial charge >= 0.3 is 6.18 Å². The molecule has 2 aliphatic rings. The first-order valence-corrected chi connectivity index (χ1v) is 8.73. The SMILES string of the molecule is O=C(C1CN(c2cccc(C(F)(F)F)n2)CCO1)N1CCc2ccccc21. The number of hydrogen-bond donors (Lipinski definition) is 0. The number of rotatable bonds is 2. The number of pyridine rings is 1. The Labute approximate surface area is 154 Å². The molecule has 0 N–H and O–H groups in total. The zero-order valence-corrected chi connectivity index (χ0v) is 14.4. The van der Waals surface area contributed by atoms with Gasteiger partial charge in [0.15, 0.2) is 6.10 Å². The average Bonchev–Trinajstić information content (AvgIpc) is 3.11. The molecule has 4 rings (SSSR count). The van der Waals surface area contributed by atoms with Gasteiger partial charge in [0.25, 0.3) is 5.91 Å². The molecule has 2 aliphatic heterocycles. The van der Waals surface area contributed by atoms with E-state index in [-0.39, 0.29) is 24.9 Å². The maximum atomic E-state index is 12.9. The monoisotopic (exact) mass is 377 g/mol. The van der Waals surface area contributed by atoms with E-state index in [4.69, 9.17) is 4.74 Å². The van der Waals surface area contributed by atoms with Crippen LogP contribution in [0.15, 0.2) is 42.5 Å². The number of nitrogens with zero attached hydrogens (tertiary/aromatic N) is 3. The molecule has 27 heavy (non-hydrogen) atoms. The molecular formula is C19H18F3N3O2. The third-order valence-corrected chi connectivity index (χ3v) is 4.84. The number of hydrogen-bond acceptors (Lipinski definition) is 4. The molecule has 0 saturated carbocycles. The van der Waals surface area contributed by atoms with Gasteiger partial charge in [0.1, 0.15) is 11.5 Å². The molecule has 1 amide bonds. The Morgan fingerprint density at radius 3 is 2.74 bits per heavy atom. The molecule has 2 aromatic rings. The van der Waals surface area contributed by atoms with Crippen molar-refractivity contribution in [2.24, 2.45) is 0 Å². The molecule has 1 unspecified atom stereocenters. The number of halogens is 3. The van der Waals surface area contributed by atoms with Crippen LogP contribution in [0.25, 0.3) is 0 Å². The van der Waals surface area contributed by atoms with Crippen LogP contribution in [0.1, 0.15) is 11.3 Å². The Morgan fingerprint density at radius 1 is 1.11 bits per heavy atom. The van der Waals surface area contributed by atoms with Gasteiger partial charge in [-0.2, -0.15) is 13.2 Å². The third kappa shape index (κ3) is 3.49. The van der Waals surface area contributed by atoms with Gasteiger partial charge in [-0.15, -0.1) is 0 Å². The fourth-order valence-corrected chi connectivity index (χ4v) is 3.51. The lowest BCUT2D eigenvalue weighted by Crippen LogP contribution is -2.51. The number of benzene rings is 1. The first kappa shape index (κ1) is 17.8. The van der Waals surface area contributed by atoms with Gasteiger partial charge in [-0.3, -0.25) is 4.79 Å². The predicted octanol–water partition coefficient (Wildman–Crippen LogP) is 2.89. The number of aromatic nitrogens is 1. The molecule has 5 nitrogen and oxygen atoms in total. The normalized spacial score (nSPS) is 19.9. The van der Waals surface area contributed by atoms with E-state index in [2.05, 4.69) is 4.98 Å². The van der Waals surface area contributed by atoms with Crippen molar-refractivity contribution in [1.29, 1.82) is 0 Å². The van der Waals surface area contributed by atoms with Gasteiger partial charge in [-0.1, -0.05) is 24.3 Å².